The van der Waals surface area contributed by atoms with Crippen molar-refractivity contribution in [3.05, 3.63) is 24.7 Å². The highest BCUT2D eigenvalue weighted by molar-refractivity contribution is 5.78. The maximum Gasteiger partial charge on any atom is 0.247 e. The lowest BCUT2D eigenvalue weighted by Gasteiger charge is -2.10. The molecule has 0 bridgehead atoms. The lowest BCUT2D eigenvalue weighted by Crippen LogP contribution is -2.08. The third kappa shape index (κ3) is 4.62. The van der Waals surface area contributed by atoms with E-state index in [9.17, 15) is 0 Å². The van der Waals surface area contributed by atoms with Gasteiger partial charge in [-0.1, -0.05) is 13.3 Å². The zero-order valence-electron chi connectivity index (χ0n) is 15.8. The highest BCUT2D eigenvalue weighted by Crippen LogP contribution is 2.25. The van der Waals surface area contributed by atoms with E-state index in [0.717, 1.165) is 30.7 Å². The quantitative estimate of drug-likeness (QED) is 0.543. The van der Waals surface area contributed by atoms with Crippen LogP contribution in [0.25, 0.3) is 11.2 Å². The maximum atomic E-state index is 5.76. The standard InChI is InChI=1S/C18H24N6O3/c1-4-5-8-24-12-20-15-16(24)22-18(23-17(15)27-10-9-25-2)21-13-6-7-14(26-3)19-11-13/h6-7,11-12H,4-5,8-10H2,1-3H3,(H,21,22,23). The fourth-order valence-electron chi connectivity index (χ4n) is 2.49. The predicted molar refractivity (Wildman–Crippen MR) is 102 cm³/mol. The Hall–Kier alpha value is -2.94. The molecule has 1 N–H and O–H groups in total. The largest absolute Gasteiger partial charge is 0.481 e. The number of aryl methyl sites for hydroxylation is 1. The number of rotatable bonds is 10. The number of unbranched alkanes of at least 4 members (excludes halogenated alkanes) is 1. The van der Waals surface area contributed by atoms with E-state index < -0.39 is 0 Å². The van der Waals surface area contributed by atoms with Crippen molar-refractivity contribution in [2.24, 2.45) is 0 Å². The monoisotopic (exact) mass is 372 g/mol. The van der Waals surface area contributed by atoms with Crippen LogP contribution < -0.4 is 14.8 Å². The summed E-state index contributed by atoms with van der Waals surface area (Å²) in [6.07, 6.45) is 5.56. The van der Waals surface area contributed by atoms with Crippen LogP contribution in [-0.2, 0) is 11.3 Å². The summed E-state index contributed by atoms with van der Waals surface area (Å²) in [5, 5.41) is 3.16. The minimum atomic E-state index is 0.383. The molecule has 3 rings (SSSR count). The number of hydrogen-bond donors (Lipinski definition) is 1. The van der Waals surface area contributed by atoms with Gasteiger partial charge in [0.25, 0.3) is 0 Å². The number of hydrogen-bond acceptors (Lipinski definition) is 8. The molecule has 0 radical (unpaired) electrons. The average molecular weight is 372 g/mol. The number of nitrogens with one attached hydrogen (secondary N) is 1. The molecule has 27 heavy (non-hydrogen) atoms. The summed E-state index contributed by atoms with van der Waals surface area (Å²) in [4.78, 5) is 17.7. The van der Waals surface area contributed by atoms with Crippen molar-refractivity contribution < 1.29 is 14.2 Å². The van der Waals surface area contributed by atoms with Crippen LogP contribution in [0.1, 0.15) is 19.8 Å². The van der Waals surface area contributed by atoms with Gasteiger partial charge in [0, 0.05) is 19.7 Å². The topological polar surface area (TPSA) is 96.2 Å². The molecule has 0 aromatic carbocycles. The van der Waals surface area contributed by atoms with E-state index in [0.29, 0.717) is 36.4 Å². The van der Waals surface area contributed by atoms with Crippen molar-refractivity contribution in [3.63, 3.8) is 0 Å². The molecule has 0 saturated heterocycles. The fourth-order valence-corrected chi connectivity index (χ4v) is 2.49. The summed E-state index contributed by atoms with van der Waals surface area (Å²) in [6.45, 7) is 3.84. The van der Waals surface area contributed by atoms with Crippen LogP contribution in [0.4, 0.5) is 11.6 Å². The van der Waals surface area contributed by atoms with E-state index in [2.05, 4.69) is 32.2 Å². The number of ether oxygens (including phenoxy) is 3. The molecular weight excluding hydrogens is 348 g/mol. The summed E-state index contributed by atoms with van der Waals surface area (Å²) in [6, 6.07) is 3.61. The Kier molecular flexibility index (Phi) is 6.37. The minimum absolute atomic E-state index is 0.383. The second-order valence-corrected chi connectivity index (χ2v) is 5.87. The first-order chi connectivity index (χ1) is 13.2. The zero-order chi connectivity index (χ0) is 19.1. The van der Waals surface area contributed by atoms with Crippen LogP contribution in [0.2, 0.25) is 0 Å². The predicted octanol–water partition coefficient (Wildman–Crippen LogP) is 2.80. The van der Waals surface area contributed by atoms with Crippen molar-refractivity contribution in [2.45, 2.75) is 26.3 Å². The van der Waals surface area contributed by atoms with E-state index in [-0.39, 0.29) is 0 Å². The Morgan fingerprint density at radius 2 is 2.00 bits per heavy atom. The Balaban J connectivity index is 1.92. The van der Waals surface area contributed by atoms with Gasteiger partial charge in [0.05, 0.1) is 31.9 Å². The molecule has 0 aliphatic carbocycles. The number of nitrogens with zero attached hydrogens (tertiary/aromatic N) is 5. The number of anilines is 2. The Bertz CT molecular complexity index is 865. The van der Waals surface area contributed by atoms with Crippen molar-refractivity contribution in [3.8, 4) is 11.8 Å². The molecule has 0 amide bonds. The molecule has 0 atom stereocenters. The molecule has 9 heteroatoms. The summed E-state index contributed by atoms with van der Waals surface area (Å²) < 4.78 is 17.9. The van der Waals surface area contributed by atoms with Crippen molar-refractivity contribution >= 4 is 22.8 Å². The van der Waals surface area contributed by atoms with Crippen LogP contribution in [0.15, 0.2) is 24.7 Å². The van der Waals surface area contributed by atoms with Gasteiger partial charge in [-0.2, -0.15) is 9.97 Å². The average Bonchev–Trinajstić information content (AvgIpc) is 3.10. The molecule has 144 valence electrons. The van der Waals surface area contributed by atoms with Gasteiger partial charge in [-0.15, -0.1) is 0 Å². The van der Waals surface area contributed by atoms with Gasteiger partial charge in [-0.05, 0) is 12.5 Å². The third-order valence-corrected chi connectivity index (χ3v) is 3.91. The minimum Gasteiger partial charge on any atom is -0.481 e. The second kappa shape index (κ2) is 9.13. The van der Waals surface area contributed by atoms with E-state index in [4.69, 9.17) is 14.2 Å². The molecular formula is C18H24N6O3. The first-order valence-electron chi connectivity index (χ1n) is 8.86. The number of pyridine rings is 1. The molecule has 9 nitrogen and oxygen atoms in total. The second-order valence-electron chi connectivity index (χ2n) is 5.87. The van der Waals surface area contributed by atoms with Crippen molar-refractivity contribution in [1.29, 1.82) is 0 Å². The molecule has 3 aromatic heterocycles. The first kappa shape index (κ1) is 18.8. The summed E-state index contributed by atoms with van der Waals surface area (Å²) in [7, 11) is 3.20. The molecule has 0 aliphatic rings. The van der Waals surface area contributed by atoms with E-state index >= 15 is 0 Å². The summed E-state index contributed by atoms with van der Waals surface area (Å²) >= 11 is 0. The normalized spacial score (nSPS) is 10.9. The Morgan fingerprint density at radius 3 is 2.70 bits per heavy atom. The molecule has 0 aliphatic heterocycles. The van der Waals surface area contributed by atoms with E-state index in [1.165, 1.54) is 0 Å². The van der Waals surface area contributed by atoms with Crippen molar-refractivity contribution in [2.75, 3.05) is 32.8 Å². The number of aromatic nitrogens is 5. The van der Waals surface area contributed by atoms with Crippen LogP contribution >= 0.6 is 0 Å². The highest BCUT2D eigenvalue weighted by atomic mass is 16.5. The summed E-state index contributed by atoms with van der Waals surface area (Å²) in [5.74, 6) is 1.38. The Morgan fingerprint density at radius 1 is 1.11 bits per heavy atom. The molecule has 3 heterocycles. The third-order valence-electron chi connectivity index (χ3n) is 3.91. The maximum absolute atomic E-state index is 5.76. The van der Waals surface area contributed by atoms with Gasteiger partial charge < -0.3 is 24.1 Å². The molecule has 0 spiro atoms. The van der Waals surface area contributed by atoms with E-state index in [1.54, 1.807) is 32.8 Å². The van der Waals surface area contributed by atoms with Gasteiger partial charge in [0.1, 0.15) is 6.61 Å². The van der Waals surface area contributed by atoms with Gasteiger partial charge in [0.2, 0.25) is 17.7 Å². The first-order valence-corrected chi connectivity index (χ1v) is 8.86. The number of imidazole rings is 1. The van der Waals surface area contributed by atoms with Crippen molar-refractivity contribution in [1.82, 2.24) is 24.5 Å². The molecule has 0 unspecified atom stereocenters. The van der Waals surface area contributed by atoms with Gasteiger partial charge in [-0.25, -0.2) is 9.97 Å². The highest BCUT2D eigenvalue weighted by Gasteiger charge is 2.15. The Labute approximate surface area is 157 Å². The van der Waals surface area contributed by atoms with Crippen LogP contribution in [-0.4, -0.2) is 51.9 Å². The number of fused-ring (bicyclic) bond motifs is 1. The SMILES string of the molecule is CCCCn1cnc2c(OCCOC)nc(Nc3ccc(OC)nc3)nc21. The number of methoxy groups -OCH3 is 2. The van der Waals surface area contributed by atoms with Crippen LogP contribution in [0, 0.1) is 0 Å². The van der Waals surface area contributed by atoms with Gasteiger partial charge >= 0.3 is 0 Å². The lowest BCUT2D eigenvalue weighted by atomic mass is 10.3. The smallest absolute Gasteiger partial charge is 0.247 e. The molecule has 0 fully saturated rings. The molecule has 0 saturated carbocycles. The lowest BCUT2D eigenvalue weighted by molar-refractivity contribution is 0.144. The van der Waals surface area contributed by atoms with Crippen LogP contribution in [0.3, 0.4) is 0 Å². The zero-order valence-corrected chi connectivity index (χ0v) is 15.8. The fraction of sp³-hybridized carbons (Fsp3) is 0.444. The van der Waals surface area contributed by atoms with Gasteiger partial charge in [0.15, 0.2) is 11.2 Å². The van der Waals surface area contributed by atoms with Gasteiger partial charge in [-0.3, -0.25) is 0 Å². The van der Waals surface area contributed by atoms with Crippen LogP contribution in [0.5, 0.6) is 11.8 Å². The summed E-state index contributed by atoms with van der Waals surface area (Å²) in [5.41, 5.74) is 2.12. The molecule has 3 aromatic rings. The van der Waals surface area contributed by atoms with E-state index in [1.807, 2.05) is 10.6 Å².